The molecule has 1 N–H and O–H groups in total. The number of azo groups is 1. The van der Waals surface area contributed by atoms with Gasteiger partial charge < -0.3 is 0 Å². The second-order valence-electron chi connectivity index (χ2n) is 6.34. The van der Waals surface area contributed by atoms with E-state index in [-0.39, 0.29) is 11.4 Å². The third kappa shape index (κ3) is 4.40. The summed E-state index contributed by atoms with van der Waals surface area (Å²) < 4.78 is 2.69. The summed E-state index contributed by atoms with van der Waals surface area (Å²) in [6.07, 6.45) is 0. The number of nitrogens with one attached hydrogen (secondary N) is 1. The third-order valence-electron chi connectivity index (χ3n) is 4.26. The molecule has 0 saturated heterocycles. The first-order chi connectivity index (χ1) is 14.8. The van der Waals surface area contributed by atoms with Crippen LogP contribution in [0, 0.1) is 17.0 Å². The van der Waals surface area contributed by atoms with Crippen LogP contribution in [0.15, 0.2) is 71.8 Å². The minimum atomic E-state index is -0.503. The van der Waals surface area contributed by atoms with E-state index in [9.17, 15) is 14.9 Å². The Kier molecular flexibility index (Phi) is 5.94. The van der Waals surface area contributed by atoms with Crippen LogP contribution in [0.25, 0.3) is 16.4 Å². The standard InChI is InChI=1S/C19H12Br2N6O3S/c1-10-17(24-23-15-7-6-13(27(29)30)8-14(15)21)18(28)26(25-10)19-22-16(9-31-19)11-2-4-12(20)5-3-11/h2-9,25H,1H3. The second kappa shape index (κ2) is 8.65. The van der Waals surface area contributed by atoms with E-state index in [1.807, 2.05) is 29.6 Å². The van der Waals surface area contributed by atoms with Gasteiger partial charge in [0.2, 0.25) is 5.13 Å². The highest BCUT2D eigenvalue weighted by molar-refractivity contribution is 9.10. The fourth-order valence-electron chi connectivity index (χ4n) is 2.70. The van der Waals surface area contributed by atoms with E-state index in [1.54, 1.807) is 6.92 Å². The Bertz CT molecular complexity index is 1370. The molecule has 31 heavy (non-hydrogen) atoms. The topological polar surface area (TPSA) is 119 Å². The molecule has 0 spiro atoms. The first-order valence-corrected chi connectivity index (χ1v) is 11.2. The Morgan fingerprint density at radius 3 is 2.58 bits per heavy atom. The van der Waals surface area contributed by atoms with E-state index < -0.39 is 10.5 Å². The number of nitro groups is 1. The molecule has 0 atom stereocenters. The number of non-ortho nitro benzene ring substituents is 1. The van der Waals surface area contributed by atoms with Gasteiger partial charge in [0.1, 0.15) is 5.69 Å². The van der Waals surface area contributed by atoms with Gasteiger partial charge in [-0.1, -0.05) is 28.1 Å². The number of H-pyrrole nitrogens is 1. The smallest absolute Gasteiger partial charge is 0.291 e. The summed E-state index contributed by atoms with van der Waals surface area (Å²) >= 11 is 7.97. The lowest BCUT2D eigenvalue weighted by Gasteiger charge is -1.97. The largest absolute Gasteiger partial charge is 0.301 e. The molecule has 0 bridgehead atoms. The highest BCUT2D eigenvalue weighted by Gasteiger charge is 2.16. The number of rotatable bonds is 5. The van der Waals surface area contributed by atoms with E-state index >= 15 is 0 Å². The van der Waals surface area contributed by atoms with Crippen LogP contribution >= 0.6 is 43.2 Å². The van der Waals surface area contributed by atoms with Gasteiger partial charge in [0.05, 0.1) is 20.8 Å². The summed E-state index contributed by atoms with van der Waals surface area (Å²) in [5.41, 5.74) is 2.24. The molecule has 0 unspecified atom stereocenters. The van der Waals surface area contributed by atoms with Gasteiger partial charge in [0.25, 0.3) is 5.69 Å². The Morgan fingerprint density at radius 2 is 1.90 bits per heavy atom. The Balaban J connectivity index is 1.64. The maximum absolute atomic E-state index is 12.9. The van der Waals surface area contributed by atoms with Gasteiger partial charge in [0, 0.05) is 27.5 Å². The maximum atomic E-state index is 12.9. The van der Waals surface area contributed by atoms with Gasteiger partial charge in [-0.25, -0.2) is 4.98 Å². The van der Waals surface area contributed by atoms with Gasteiger partial charge in [-0.05, 0) is 41.1 Å². The van der Waals surface area contributed by atoms with Crippen molar-refractivity contribution in [2.45, 2.75) is 6.92 Å². The monoisotopic (exact) mass is 562 g/mol. The third-order valence-corrected chi connectivity index (χ3v) is 6.25. The molecule has 4 aromatic rings. The fourth-order valence-corrected chi connectivity index (χ4v) is 4.21. The summed E-state index contributed by atoms with van der Waals surface area (Å²) in [5, 5.41) is 24.3. The molecule has 0 radical (unpaired) electrons. The van der Waals surface area contributed by atoms with E-state index in [2.05, 4.69) is 52.2 Å². The summed E-state index contributed by atoms with van der Waals surface area (Å²) in [5.74, 6) is 0. The van der Waals surface area contributed by atoms with Gasteiger partial charge in [-0.3, -0.25) is 20.0 Å². The maximum Gasteiger partial charge on any atom is 0.301 e. The number of aromatic amines is 1. The molecule has 2 heterocycles. The molecule has 0 aliphatic heterocycles. The van der Waals surface area contributed by atoms with Gasteiger partial charge in [-0.2, -0.15) is 4.68 Å². The van der Waals surface area contributed by atoms with Crippen LogP contribution in [0.5, 0.6) is 0 Å². The van der Waals surface area contributed by atoms with Crippen molar-refractivity contribution in [1.82, 2.24) is 14.8 Å². The molecular weight excluding hydrogens is 552 g/mol. The lowest BCUT2D eigenvalue weighted by atomic mass is 10.2. The highest BCUT2D eigenvalue weighted by atomic mass is 79.9. The molecule has 0 aliphatic rings. The molecule has 0 amide bonds. The van der Waals surface area contributed by atoms with Gasteiger partial charge in [-0.15, -0.1) is 21.6 Å². The van der Waals surface area contributed by atoms with Crippen molar-refractivity contribution < 1.29 is 4.92 Å². The van der Waals surface area contributed by atoms with Crippen molar-refractivity contribution in [1.29, 1.82) is 0 Å². The average Bonchev–Trinajstić information content (AvgIpc) is 3.33. The fraction of sp³-hybridized carbons (Fsp3) is 0.0526. The summed E-state index contributed by atoms with van der Waals surface area (Å²) in [7, 11) is 0. The van der Waals surface area contributed by atoms with E-state index in [0.29, 0.717) is 21.0 Å². The molecule has 12 heteroatoms. The zero-order chi connectivity index (χ0) is 22.1. The zero-order valence-electron chi connectivity index (χ0n) is 15.7. The van der Waals surface area contributed by atoms with Crippen molar-refractivity contribution in [3.05, 3.63) is 83.0 Å². The van der Waals surface area contributed by atoms with Crippen LogP contribution in [0.2, 0.25) is 0 Å². The normalized spacial score (nSPS) is 11.3. The molecule has 2 aromatic carbocycles. The van der Waals surface area contributed by atoms with E-state index in [1.165, 1.54) is 34.2 Å². The van der Waals surface area contributed by atoms with Crippen LogP contribution < -0.4 is 5.56 Å². The van der Waals surface area contributed by atoms with Crippen molar-refractivity contribution >= 4 is 60.3 Å². The molecule has 4 rings (SSSR count). The lowest BCUT2D eigenvalue weighted by molar-refractivity contribution is -0.384. The quantitative estimate of drug-likeness (QED) is 0.170. The first-order valence-electron chi connectivity index (χ1n) is 8.72. The van der Waals surface area contributed by atoms with Gasteiger partial charge in [0.15, 0.2) is 5.69 Å². The van der Waals surface area contributed by atoms with Crippen LogP contribution in [-0.2, 0) is 0 Å². The summed E-state index contributed by atoms with van der Waals surface area (Å²) in [6, 6.07) is 11.8. The van der Waals surface area contributed by atoms with Crippen molar-refractivity contribution in [3.8, 4) is 16.4 Å². The number of aryl methyl sites for hydroxylation is 1. The molecular formula is C19H12Br2N6O3S. The molecule has 0 aliphatic carbocycles. The minimum absolute atomic E-state index is 0.0728. The number of hydrogen-bond acceptors (Lipinski definition) is 7. The van der Waals surface area contributed by atoms with E-state index in [4.69, 9.17) is 0 Å². The Morgan fingerprint density at radius 1 is 1.16 bits per heavy atom. The number of nitrogens with zero attached hydrogens (tertiary/aromatic N) is 5. The predicted octanol–water partition coefficient (Wildman–Crippen LogP) is 6.45. The Hall–Kier alpha value is -2.96. The molecule has 0 fully saturated rings. The number of nitro benzene ring substituents is 1. The predicted molar refractivity (Wildman–Crippen MR) is 125 cm³/mol. The number of thiazole rings is 1. The number of halogens is 2. The highest BCUT2D eigenvalue weighted by Crippen LogP contribution is 2.31. The minimum Gasteiger partial charge on any atom is -0.291 e. The SMILES string of the molecule is Cc1[nH]n(-c2nc(-c3ccc(Br)cc3)cs2)c(=O)c1N=Nc1ccc([N+](=O)[O-])cc1Br. The van der Waals surface area contributed by atoms with Crippen molar-refractivity contribution in [3.63, 3.8) is 0 Å². The molecule has 2 aromatic heterocycles. The summed E-state index contributed by atoms with van der Waals surface area (Å²) in [4.78, 5) is 27.8. The van der Waals surface area contributed by atoms with Crippen LogP contribution in [0.4, 0.5) is 17.1 Å². The average molecular weight is 564 g/mol. The molecule has 9 nitrogen and oxygen atoms in total. The van der Waals surface area contributed by atoms with Gasteiger partial charge >= 0.3 is 5.56 Å². The lowest BCUT2D eigenvalue weighted by Crippen LogP contribution is -2.13. The molecule has 0 saturated carbocycles. The first kappa shape index (κ1) is 21.3. The van der Waals surface area contributed by atoms with Crippen molar-refractivity contribution in [2.75, 3.05) is 0 Å². The van der Waals surface area contributed by atoms with Crippen LogP contribution in [0.3, 0.4) is 0 Å². The van der Waals surface area contributed by atoms with Crippen LogP contribution in [0.1, 0.15) is 5.69 Å². The van der Waals surface area contributed by atoms with Crippen LogP contribution in [-0.4, -0.2) is 19.7 Å². The second-order valence-corrected chi connectivity index (χ2v) is 8.95. The zero-order valence-corrected chi connectivity index (χ0v) is 19.7. The molecule has 156 valence electrons. The number of benzene rings is 2. The number of hydrogen-bond donors (Lipinski definition) is 1. The summed E-state index contributed by atoms with van der Waals surface area (Å²) in [6.45, 7) is 1.71. The Labute approximate surface area is 195 Å². The number of aromatic nitrogens is 3. The van der Waals surface area contributed by atoms with Crippen molar-refractivity contribution in [2.24, 2.45) is 10.2 Å². The van der Waals surface area contributed by atoms with E-state index in [0.717, 1.165) is 15.7 Å².